The lowest BCUT2D eigenvalue weighted by Gasteiger charge is -2.37. The van der Waals surface area contributed by atoms with Crippen LogP contribution in [0.1, 0.15) is 6.42 Å². The zero-order chi connectivity index (χ0) is 14.4. The van der Waals surface area contributed by atoms with Gasteiger partial charge in [0.15, 0.2) is 0 Å². The Kier molecular flexibility index (Phi) is 6.13. The number of halogens is 1. The predicted molar refractivity (Wildman–Crippen MR) is 86.0 cm³/mol. The number of piperazine rings is 1. The number of thioether (sulfide) groups is 1. The normalized spacial score (nSPS) is 18.2. The van der Waals surface area contributed by atoms with Crippen molar-refractivity contribution in [2.45, 2.75) is 12.5 Å². The molecule has 0 radical (unpaired) electrons. The van der Waals surface area contributed by atoms with Gasteiger partial charge in [0.25, 0.3) is 0 Å². The molecule has 5 heteroatoms. The van der Waals surface area contributed by atoms with Crippen molar-refractivity contribution in [1.29, 1.82) is 0 Å². The highest BCUT2D eigenvalue weighted by molar-refractivity contribution is 7.98. The molecule has 1 aromatic rings. The fourth-order valence-electron chi connectivity index (χ4n) is 2.57. The minimum absolute atomic E-state index is 0.127. The van der Waals surface area contributed by atoms with Gasteiger partial charge >= 0.3 is 0 Å². The van der Waals surface area contributed by atoms with Crippen LogP contribution in [0.25, 0.3) is 0 Å². The van der Waals surface area contributed by atoms with Gasteiger partial charge in [0, 0.05) is 38.8 Å². The van der Waals surface area contributed by atoms with E-state index in [9.17, 15) is 4.39 Å². The molecule has 0 aliphatic carbocycles. The van der Waals surface area contributed by atoms with Crippen molar-refractivity contribution >= 4 is 17.4 Å². The van der Waals surface area contributed by atoms with Crippen molar-refractivity contribution in [3.63, 3.8) is 0 Å². The van der Waals surface area contributed by atoms with Crippen molar-refractivity contribution in [3.8, 4) is 0 Å². The van der Waals surface area contributed by atoms with Crippen molar-refractivity contribution in [1.82, 2.24) is 4.90 Å². The minimum atomic E-state index is -0.127. The van der Waals surface area contributed by atoms with Crippen LogP contribution >= 0.6 is 11.8 Å². The summed E-state index contributed by atoms with van der Waals surface area (Å²) in [5.74, 6) is 0.994. The van der Waals surface area contributed by atoms with E-state index in [1.54, 1.807) is 6.07 Å². The molecule has 1 saturated heterocycles. The van der Waals surface area contributed by atoms with Crippen LogP contribution < -0.4 is 10.6 Å². The van der Waals surface area contributed by atoms with Crippen LogP contribution in [0.2, 0.25) is 0 Å². The molecule has 2 rings (SSSR count). The highest BCUT2D eigenvalue weighted by atomic mass is 32.2. The Balaban J connectivity index is 1.79. The average molecular weight is 297 g/mol. The Bertz CT molecular complexity index is 408. The first-order valence-electron chi connectivity index (χ1n) is 7.17. The predicted octanol–water partition coefficient (Wildman–Crippen LogP) is 2.03. The summed E-state index contributed by atoms with van der Waals surface area (Å²) in [5.41, 5.74) is 6.85. The lowest BCUT2D eigenvalue weighted by Crippen LogP contribution is -2.50. The summed E-state index contributed by atoms with van der Waals surface area (Å²) in [4.78, 5) is 4.52. The van der Waals surface area contributed by atoms with E-state index in [1.807, 2.05) is 23.9 Å². The van der Waals surface area contributed by atoms with Crippen LogP contribution in [0.5, 0.6) is 0 Å². The summed E-state index contributed by atoms with van der Waals surface area (Å²) in [6, 6.07) is 7.26. The van der Waals surface area contributed by atoms with E-state index in [-0.39, 0.29) is 11.9 Å². The first-order valence-corrected chi connectivity index (χ1v) is 8.56. The van der Waals surface area contributed by atoms with Gasteiger partial charge < -0.3 is 10.6 Å². The van der Waals surface area contributed by atoms with Gasteiger partial charge in [-0.2, -0.15) is 11.8 Å². The molecule has 0 bridgehead atoms. The quantitative estimate of drug-likeness (QED) is 0.871. The molecular weight excluding hydrogens is 273 g/mol. The molecule has 0 spiro atoms. The van der Waals surface area contributed by atoms with Crippen molar-refractivity contribution in [2.75, 3.05) is 49.6 Å². The van der Waals surface area contributed by atoms with Gasteiger partial charge in [-0.15, -0.1) is 0 Å². The van der Waals surface area contributed by atoms with Crippen LogP contribution in [0.15, 0.2) is 24.3 Å². The smallest absolute Gasteiger partial charge is 0.146 e. The minimum Gasteiger partial charge on any atom is -0.367 e. The number of rotatable bonds is 6. The van der Waals surface area contributed by atoms with E-state index < -0.39 is 0 Å². The number of hydrogen-bond donors (Lipinski definition) is 1. The molecule has 3 nitrogen and oxygen atoms in total. The summed E-state index contributed by atoms with van der Waals surface area (Å²) in [6.45, 7) is 4.61. The van der Waals surface area contributed by atoms with Gasteiger partial charge in [-0.1, -0.05) is 12.1 Å². The molecule has 1 heterocycles. The molecule has 0 aromatic heterocycles. The van der Waals surface area contributed by atoms with E-state index in [1.165, 1.54) is 6.07 Å². The second-order valence-electron chi connectivity index (χ2n) is 5.28. The van der Waals surface area contributed by atoms with Gasteiger partial charge in [-0.25, -0.2) is 4.39 Å². The molecular formula is C15H24FN3S. The molecule has 20 heavy (non-hydrogen) atoms. The zero-order valence-corrected chi connectivity index (χ0v) is 12.9. The Hall–Kier alpha value is -0.780. The number of para-hydroxylation sites is 1. The third kappa shape index (κ3) is 4.36. The Morgan fingerprint density at radius 3 is 2.60 bits per heavy atom. The van der Waals surface area contributed by atoms with Crippen LogP contribution in [0.4, 0.5) is 10.1 Å². The van der Waals surface area contributed by atoms with Crippen molar-refractivity contribution < 1.29 is 4.39 Å². The Morgan fingerprint density at radius 1 is 1.25 bits per heavy atom. The highest BCUT2D eigenvalue weighted by Gasteiger charge is 2.20. The molecule has 1 fully saturated rings. The van der Waals surface area contributed by atoms with E-state index in [0.29, 0.717) is 0 Å². The van der Waals surface area contributed by atoms with Crippen molar-refractivity contribution in [2.24, 2.45) is 5.73 Å². The number of anilines is 1. The average Bonchev–Trinajstić information content (AvgIpc) is 2.47. The summed E-state index contributed by atoms with van der Waals surface area (Å²) in [7, 11) is 0. The molecule has 0 saturated carbocycles. The van der Waals surface area contributed by atoms with Gasteiger partial charge in [0.05, 0.1) is 5.69 Å². The second-order valence-corrected chi connectivity index (χ2v) is 6.27. The molecule has 2 N–H and O–H groups in total. The summed E-state index contributed by atoms with van der Waals surface area (Å²) >= 11 is 1.84. The van der Waals surface area contributed by atoms with E-state index in [0.717, 1.165) is 50.6 Å². The number of hydrogen-bond acceptors (Lipinski definition) is 4. The molecule has 0 unspecified atom stereocenters. The van der Waals surface area contributed by atoms with Crippen LogP contribution in [0.3, 0.4) is 0 Å². The first kappa shape index (κ1) is 15.6. The van der Waals surface area contributed by atoms with Crippen LogP contribution in [0, 0.1) is 5.82 Å². The number of nitrogens with zero attached hydrogens (tertiary/aromatic N) is 2. The first-order chi connectivity index (χ1) is 9.70. The fraction of sp³-hybridized carbons (Fsp3) is 0.600. The van der Waals surface area contributed by atoms with Gasteiger partial charge in [0.1, 0.15) is 5.82 Å². The molecule has 112 valence electrons. The second kappa shape index (κ2) is 7.86. The maximum absolute atomic E-state index is 13.7. The summed E-state index contributed by atoms with van der Waals surface area (Å²) in [5, 5.41) is 0. The maximum Gasteiger partial charge on any atom is 0.146 e. The number of nitrogens with two attached hydrogens (primary N) is 1. The summed E-state index contributed by atoms with van der Waals surface area (Å²) < 4.78 is 13.7. The number of benzene rings is 1. The van der Waals surface area contributed by atoms with Crippen molar-refractivity contribution in [3.05, 3.63) is 30.1 Å². The Labute approximate surface area is 125 Å². The largest absolute Gasteiger partial charge is 0.367 e. The van der Waals surface area contributed by atoms with Crippen LogP contribution in [-0.2, 0) is 0 Å². The lowest BCUT2D eigenvalue weighted by molar-refractivity contribution is 0.240. The maximum atomic E-state index is 13.7. The molecule has 1 atom stereocenters. The lowest BCUT2D eigenvalue weighted by atomic mass is 10.2. The zero-order valence-electron chi connectivity index (χ0n) is 12.1. The van der Waals surface area contributed by atoms with E-state index in [4.69, 9.17) is 5.73 Å². The monoisotopic (exact) mass is 297 g/mol. The molecule has 0 amide bonds. The third-order valence-electron chi connectivity index (χ3n) is 3.75. The fourth-order valence-corrected chi connectivity index (χ4v) is 3.11. The summed E-state index contributed by atoms with van der Waals surface area (Å²) in [6.07, 6.45) is 3.18. The van der Waals surface area contributed by atoms with Gasteiger partial charge in [0.2, 0.25) is 0 Å². The van der Waals surface area contributed by atoms with Gasteiger partial charge in [-0.05, 0) is 30.6 Å². The standard InChI is InChI=1S/C15H24FN3S/c1-20-11-6-13(17)12-18-7-9-19(10-8-18)15-5-3-2-4-14(15)16/h2-5,13H,6-12,17H2,1H3/t13-/m0/s1. The van der Waals surface area contributed by atoms with E-state index in [2.05, 4.69) is 16.1 Å². The highest BCUT2D eigenvalue weighted by Crippen LogP contribution is 2.20. The Morgan fingerprint density at radius 2 is 1.95 bits per heavy atom. The molecule has 1 aliphatic heterocycles. The van der Waals surface area contributed by atoms with E-state index >= 15 is 0 Å². The van der Waals surface area contributed by atoms with Crippen LogP contribution in [-0.4, -0.2) is 55.7 Å². The van der Waals surface area contributed by atoms with Gasteiger partial charge in [-0.3, -0.25) is 4.90 Å². The molecule has 1 aromatic carbocycles. The molecule has 1 aliphatic rings. The topological polar surface area (TPSA) is 32.5 Å². The SMILES string of the molecule is CSCC[C@H](N)CN1CCN(c2ccccc2F)CC1. The third-order valence-corrected chi connectivity index (χ3v) is 4.39.